The number of likely N-dealkylation sites (N-methyl/N-ethyl adjacent to an activating group) is 2. The third-order valence-corrected chi connectivity index (χ3v) is 9.23. The highest BCUT2D eigenvalue weighted by molar-refractivity contribution is 6.03. The van der Waals surface area contributed by atoms with Crippen molar-refractivity contribution in [1.82, 2.24) is 19.6 Å². The average Bonchev–Trinajstić information content (AvgIpc) is 3.35. The van der Waals surface area contributed by atoms with Crippen LogP contribution in [-0.4, -0.2) is 95.5 Å². The molecular formula is C29H52N4O5. The summed E-state index contributed by atoms with van der Waals surface area (Å²) in [6.07, 6.45) is 10.2. The number of unbranched alkanes of at least 4 members (excludes halogenated alkanes) is 2. The number of amides is 6. The van der Waals surface area contributed by atoms with Crippen LogP contribution in [0.2, 0.25) is 0 Å². The van der Waals surface area contributed by atoms with E-state index >= 15 is 0 Å². The minimum atomic E-state index is -0.401. The molecular weight excluding hydrogens is 484 g/mol. The smallest absolute Gasteiger partial charge is 0.327 e. The molecule has 218 valence electrons. The van der Waals surface area contributed by atoms with E-state index in [9.17, 15) is 19.2 Å². The molecule has 0 bridgehead atoms. The summed E-state index contributed by atoms with van der Waals surface area (Å²) in [6, 6.07) is -0.320. The molecule has 0 N–H and O–H groups in total. The largest absolute Gasteiger partial charge is 0.381 e. The molecule has 38 heavy (non-hydrogen) atoms. The van der Waals surface area contributed by atoms with Crippen LogP contribution in [0.3, 0.4) is 0 Å². The van der Waals surface area contributed by atoms with E-state index < -0.39 is 5.54 Å². The van der Waals surface area contributed by atoms with Crippen LogP contribution in [0.15, 0.2) is 0 Å². The maximum atomic E-state index is 12.6. The molecule has 9 heteroatoms. The van der Waals surface area contributed by atoms with Crippen molar-refractivity contribution in [3.8, 4) is 0 Å². The van der Waals surface area contributed by atoms with Crippen molar-refractivity contribution in [2.75, 3.05) is 46.4 Å². The Morgan fingerprint density at radius 3 is 1.79 bits per heavy atom. The molecule has 0 spiro atoms. The van der Waals surface area contributed by atoms with Gasteiger partial charge in [0, 0.05) is 33.4 Å². The lowest BCUT2D eigenvalue weighted by Crippen LogP contribution is -2.51. The van der Waals surface area contributed by atoms with Crippen LogP contribution >= 0.6 is 0 Å². The molecule has 0 aliphatic carbocycles. The van der Waals surface area contributed by atoms with Gasteiger partial charge in [0.2, 0.25) is 5.91 Å². The van der Waals surface area contributed by atoms with Gasteiger partial charge in [-0.05, 0) is 63.7 Å². The van der Waals surface area contributed by atoms with Gasteiger partial charge in [0.1, 0.15) is 13.1 Å². The zero-order chi connectivity index (χ0) is 28.3. The summed E-state index contributed by atoms with van der Waals surface area (Å²) in [4.78, 5) is 55.8. The van der Waals surface area contributed by atoms with Crippen LogP contribution in [0, 0.1) is 5.41 Å². The van der Waals surface area contributed by atoms with Gasteiger partial charge in [-0.25, -0.2) is 9.59 Å². The molecule has 0 aromatic carbocycles. The second kappa shape index (κ2) is 14.8. The number of rotatable bonds is 19. The maximum Gasteiger partial charge on any atom is 0.327 e. The van der Waals surface area contributed by atoms with Gasteiger partial charge >= 0.3 is 12.1 Å². The topological polar surface area (TPSA) is 90.5 Å². The van der Waals surface area contributed by atoms with Crippen LogP contribution in [0.5, 0.6) is 0 Å². The normalized spacial score (nSPS) is 17.1. The van der Waals surface area contributed by atoms with Gasteiger partial charge in [0.05, 0.1) is 5.54 Å². The van der Waals surface area contributed by atoms with Gasteiger partial charge in [-0.2, -0.15) is 0 Å². The minimum absolute atomic E-state index is 0.0764. The van der Waals surface area contributed by atoms with E-state index in [0.717, 1.165) is 77.2 Å². The highest BCUT2D eigenvalue weighted by atomic mass is 16.5. The lowest BCUT2D eigenvalue weighted by atomic mass is 9.75. The minimum Gasteiger partial charge on any atom is -0.381 e. The van der Waals surface area contributed by atoms with Crippen LogP contribution in [0.4, 0.5) is 9.59 Å². The number of carbonyl (C=O) groups excluding carboxylic acids is 4. The Hall–Kier alpha value is -2.16. The molecule has 0 unspecified atom stereocenters. The molecule has 2 fully saturated rings. The monoisotopic (exact) mass is 536 g/mol. The molecule has 2 heterocycles. The number of urea groups is 2. The number of nitrogens with zero attached hydrogens (tertiary/aromatic N) is 4. The molecule has 2 rings (SSSR count). The summed E-state index contributed by atoms with van der Waals surface area (Å²) in [5.41, 5.74) is -0.260. The quantitative estimate of drug-likeness (QED) is 0.166. The first kappa shape index (κ1) is 32.1. The van der Waals surface area contributed by atoms with E-state index in [0.29, 0.717) is 19.7 Å². The number of hydrogen-bond acceptors (Lipinski definition) is 5. The van der Waals surface area contributed by atoms with E-state index in [1.54, 1.807) is 11.9 Å². The highest BCUT2D eigenvalue weighted by Gasteiger charge is 2.46. The predicted molar refractivity (Wildman–Crippen MR) is 149 cm³/mol. The molecule has 2 saturated heterocycles. The zero-order valence-electron chi connectivity index (χ0n) is 24.9. The zero-order valence-corrected chi connectivity index (χ0v) is 24.9. The molecule has 6 amide bonds. The fraction of sp³-hybridized carbons (Fsp3) is 0.862. The van der Waals surface area contributed by atoms with E-state index in [4.69, 9.17) is 4.74 Å². The predicted octanol–water partition coefficient (Wildman–Crippen LogP) is 5.28. The molecule has 0 aromatic heterocycles. The van der Waals surface area contributed by atoms with Crippen molar-refractivity contribution < 1.29 is 23.9 Å². The van der Waals surface area contributed by atoms with E-state index in [-0.39, 0.29) is 42.4 Å². The van der Waals surface area contributed by atoms with Crippen molar-refractivity contribution in [2.24, 2.45) is 5.41 Å². The second-order valence-electron chi connectivity index (χ2n) is 11.1. The summed E-state index contributed by atoms with van der Waals surface area (Å²) >= 11 is 0. The fourth-order valence-electron chi connectivity index (χ4n) is 6.07. The van der Waals surface area contributed by atoms with Crippen LogP contribution in [-0.2, 0) is 14.3 Å². The highest BCUT2D eigenvalue weighted by Crippen LogP contribution is 2.37. The van der Waals surface area contributed by atoms with Gasteiger partial charge in [0.25, 0.3) is 5.91 Å². The summed E-state index contributed by atoms with van der Waals surface area (Å²) < 4.78 is 5.92. The van der Waals surface area contributed by atoms with Crippen molar-refractivity contribution in [3.63, 3.8) is 0 Å². The third-order valence-electron chi connectivity index (χ3n) is 9.23. The van der Waals surface area contributed by atoms with E-state index in [1.807, 2.05) is 6.92 Å². The van der Waals surface area contributed by atoms with Gasteiger partial charge in [-0.15, -0.1) is 0 Å². The molecule has 2 aliphatic heterocycles. The fourth-order valence-corrected chi connectivity index (χ4v) is 6.07. The standard InChI is InChI=1S/C29H52N4O5/c1-7-28(8-2,18-19-32-24(34)23-31(11-5)27(32)37)16-12-14-20-38-21-15-13-17-29(9-3,10-4)33-25(35)22-30(6)26(33)36/h7-23H2,1-6H3. The Kier molecular flexibility index (Phi) is 12.5. The Labute approximate surface area is 230 Å². The Morgan fingerprint density at radius 1 is 0.711 bits per heavy atom. The summed E-state index contributed by atoms with van der Waals surface area (Å²) in [7, 11) is 1.69. The van der Waals surface area contributed by atoms with Crippen LogP contribution < -0.4 is 0 Å². The summed E-state index contributed by atoms with van der Waals surface area (Å²) in [5, 5.41) is 0. The second-order valence-corrected chi connectivity index (χ2v) is 11.1. The number of ether oxygens (including phenoxy) is 1. The van der Waals surface area contributed by atoms with E-state index in [1.165, 1.54) is 14.7 Å². The Bertz CT molecular complexity index is 809. The van der Waals surface area contributed by atoms with Crippen LogP contribution in [0.25, 0.3) is 0 Å². The number of hydrogen-bond donors (Lipinski definition) is 0. The van der Waals surface area contributed by atoms with Gasteiger partial charge in [-0.3, -0.25) is 19.4 Å². The molecule has 0 atom stereocenters. The summed E-state index contributed by atoms with van der Waals surface area (Å²) in [5.74, 6) is -0.165. The first-order valence-corrected chi connectivity index (χ1v) is 14.9. The van der Waals surface area contributed by atoms with Gasteiger partial charge in [-0.1, -0.05) is 47.0 Å². The van der Waals surface area contributed by atoms with Crippen LogP contribution in [0.1, 0.15) is 105 Å². The van der Waals surface area contributed by atoms with Gasteiger partial charge in [0.15, 0.2) is 0 Å². The van der Waals surface area contributed by atoms with Crippen molar-refractivity contribution in [3.05, 3.63) is 0 Å². The lowest BCUT2D eigenvalue weighted by Gasteiger charge is -2.39. The number of carbonyl (C=O) groups is 4. The van der Waals surface area contributed by atoms with Gasteiger partial charge < -0.3 is 14.5 Å². The molecule has 9 nitrogen and oxygen atoms in total. The first-order chi connectivity index (χ1) is 18.1. The number of imide groups is 2. The Morgan fingerprint density at radius 2 is 1.32 bits per heavy atom. The Balaban J connectivity index is 1.68. The SMILES string of the molecule is CCN1CC(=O)N(CCC(CC)(CC)CCCCOCCCCC(CC)(CC)N2C(=O)CN(C)C2=O)C1=O. The van der Waals surface area contributed by atoms with Crippen molar-refractivity contribution in [2.45, 2.75) is 111 Å². The van der Waals surface area contributed by atoms with Crippen molar-refractivity contribution in [1.29, 1.82) is 0 Å². The van der Waals surface area contributed by atoms with E-state index in [2.05, 4.69) is 27.7 Å². The molecule has 2 aliphatic rings. The molecule has 0 aromatic rings. The molecule has 0 saturated carbocycles. The third kappa shape index (κ3) is 7.48. The van der Waals surface area contributed by atoms with Crippen molar-refractivity contribution >= 4 is 23.9 Å². The first-order valence-electron chi connectivity index (χ1n) is 14.9. The lowest BCUT2D eigenvalue weighted by molar-refractivity contribution is -0.130. The summed E-state index contributed by atoms with van der Waals surface area (Å²) in [6.45, 7) is 13.3. The molecule has 0 radical (unpaired) electrons. The maximum absolute atomic E-state index is 12.6. The average molecular weight is 537 g/mol.